The molecule has 0 radical (unpaired) electrons. The third-order valence-electron chi connectivity index (χ3n) is 7.23. The first-order chi connectivity index (χ1) is 19.7. The number of aryl methyl sites for hydroxylation is 2. The van der Waals surface area contributed by atoms with E-state index in [1.165, 1.54) is 0 Å². The summed E-state index contributed by atoms with van der Waals surface area (Å²) in [6, 6.07) is 20.2. The van der Waals surface area contributed by atoms with Crippen molar-refractivity contribution in [2.45, 2.75) is 33.6 Å². The summed E-state index contributed by atoms with van der Waals surface area (Å²) in [6.07, 6.45) is 5.51. The molecule has 5 rings (SSSR count). The molecule has 2 amide bonds. The highest BCUT2D eigenvalue weighted by atomic mass is 35.5. The molecule has 1 aliphatic heterocycles. The number of hydrogen-bond acceptors (Lipinski definition) is 4. The number of carbonyl (C=O) groups is 2. The quantitative estimate of drug-likeness (QED) is 0.256. The minimum Gasteiger partial charge on any atom is -0.468 e. The van der Waals surface area contributed by atoms with Crippen LogP contribution >= 0.6 is 11.6 Å². The molecule has 0 fully saturated rings. The van der Waals surface area contributed by atoms with Gasteiger partial charge in [0.05, 0.1) is 29.6 Å². The first-order valence-electron chi connectivity index (χ1n) is 13.6. The normalized spacial score (nSPS) is 13.1. The van der Waals surface area contributed by atoms with Gasteiger partial charge in [-0.25, -0.2) is 4.98 Å². The topological polar surface area (TPSA) is 71.5 Å². The molecule has 1 N–H and O–H groups in total. The van der Waals surface area contributed by atoms with Gasteiger partial charge in [-0.1, -0.05) is 41.4 Å². The zero-order valence-electron chi connectivity index (χ0n) is 23.6. The lowest BCUT2D eigenvalue weighted by Crippen LogP contribution is -2.29. The molecule has 0 spiro atoms. The van der Waals surface area contributed by atoms with E-state index >= 15 is 0 Å². The number of carbonyl (C=O) groups excluding carboxylic acids is 2. The summed E-state index contributed by atoms with van der Waals surface area (Å²) in [5, 5.41) is 4.33. The summed E-state index contributed by atoms with van der Waals surface area (Å²) >= 11 is 6.48. The Kier molecular flexibility index (Phi) is 8.22. The molecule has 0 bridgehead atoms. The minimum absolute atomic E-state index is 0.129. The molecule has 0 saturated heterocycles. The Morgan fingerprint density at radius 3 is 2.54 bits per heavy atom. The molecule has 0 saturated carbocycles. The minimum atomic E-state index is -0.270. The average molecular weight is 566 g/mol. The van der Waals surface area contributed by atoms with Gasteiger partial charge < -0.3 is 15.0 Å². The van der Waals surface area contributed by atoms with Crippen LogP contribution in [0.1, 0.15) is 51.6 Å². The molecule has 1 aromatic heterocycles. The number of pyridine rings is 1. The number of aromatic nitrogens is 1. The van der Waals surface area contributed by atoms with E-state index in [1.807, 2.05) is 57.2 Å². The number of nitrogens with zero attached hydrogens (tertiary/aromatic N) is 2. The molecule has 3 aromatic carbocycles. The van der Waals surface area contributed by atoms with Gasteiger partial charge >= 0.3 is 0 Å². The largest absolute Gasteiger partial charge is 0.468 e. The number of anilines is 1. The molecule has 0 unspecified atom stereocenters. The number of likely N-dealkylation sites (N-methyl/N-ethyl adjacent to an activating group) is 1. The van der Waals surface area contributed by atoms with Crippen LogP contribution < -0.4 is 5.32 Å². The van der Waals surface area contributed by atoms with Crippen molar-refractivity contribution in [3.63, 3.8) is 0 Å². The second kappa shape index (κ2) is 12.0. The maximum atomic E-state index is 13.7. The summed E-state index contributed by atoms with van der Waals surface area (Å²) in [7, 11) is 1.76. The Morgan fingerprint density at radius 2 is 1.78 bits per heavy atom. The second-order valence-corrected chi connectivity index (χ2v) is 10.8. The fourth-order valence-electron chi connectivity index (χ4n) is 4.99. The first-order valence-corrected chi connectivity index (χ1v) is 13.9. The predicted octanol–water partition coefficient (Wildman–Crippen LogP) is 8.09. The smallest absolute Gasteiger partial charge is 0.256 e. The van der Waals surface area contributed by atoms with Crippen molar-refractivity contribution >= 4 is 40.0 Å². The second-order valence-electron chi connectivity index (χ2n) is 10.4. The van der Waals surface area contributed by atoms with Crippen LogP contribution in [0.2, 0.25) is 5.02 Å². The van der Waals surface area contributed by atoms with Gasteiger partial charge in [-0.3, -0.25) is 9.59 Å². The number of benzene rings is 3. The first kappa shape index (κ1) is 28.1. The number of allylic oxidation sites excluding steroid dienone is 2. The summed E-state index contributed by atoms with van der Waals surface area (Å²) < 4.78 is 5.71. The lowest BCUT2D eigenvalue weighted by atomic mass is 9.99. The van der Waals surface area contributed by atoms with Crippen LogP contribution in [0.25, 0.3) is 22.2 Å². The summed E-state index contributed by atoms with van der Waals surface area (Å²) in [5.74, 6) is 0.396. The highest BCUT2D eigenvalue weighted by Crippen LogP contribution is 2.32. The Labute approximate surface area is 245 Å². The zero-order valence-corrected chi connectivity index (χ0v) is 24.4. The van der Waals surface area contributed by atoms with Gasteiger partial charge in [-0.2, -0.15) is 0 Å². The number of nitrogens with one attached hydrogen (secondary N) is 1. The van der Waals surface area contributed by atoms with E-state index in [0.29, 0.717) is 34.1 Å². The molecule has 2 heterocycles. The Bertz CT molecular complexity index is 1710. The number of ether oxygens (including phenoxy) is 1. The SMILES string of the molecule is CC1=C(CN(C)C(=O)c2ccc(NC(=O)c3cc(-c4ccccc4Cl)nc4c(C)cc(C)cc34)cc2)OC=CCC1. The Hall–Kier alpha value is -4.42. The molecule has 6 nitrogen and oxygen atoms in total. The van der Waals surface area contributed by atoms with Crippen LogP contribution in [0.4, 0.5) is 5.69 Å². The Morgan fingerprint density at radius 1 is 1.02 bits per heavy atom. The molecule has 7 heteroatoms. The molecule has 41 heavy (non-hydrogen) atoms. The average Bonchev–Trinajstić information content (AvgIpc) is 3.16. The van der Waals surface area contributed by atoms with E-state index in [1.54, 1.807) is 48.5 Å². The van der Waals surface area contributed by atoms with Crippen LogP contribution in [0.3, 0.4) is 0 Å². The number of rotatable bonds is 6. The van der Waals surface area contributed by atoms with Gasteiger partial charge in [0.1, 0.15) is 5.76 Å². The summed E-state index contributed by atoms with van der Waals surface area (Å²) in [6.45, 7) is 6.41. The van der Waals surface area contributed by atoms with Crippen LogP contribution in [0, 0.1) is 13.8 Å². The van der Waals surface area contributed by atoms with Crippen molar-refractivity contribution in [3.8, 4) is 11.3 Å². The summed E-state index contributed by atoms with van der Waals surface area (Å²) in [4.78, 5) is 33.3. The van der Waals surface area contributed by atoms with Crippen molar-refractivity contribution in [3.05, 3.63) is 118 Å². The molecule has 1 aliphatic rings. The zero-order chi connectivity index (χ0) is 29.1. The van der Waals surface area contributed by atoms with Crippen molar-refractivity contribution in [2.75, 3.05) is 18.9 Å². The number of amides is 2. The van der Waals surface area contributed by atoms with Gasteiger partial charge in [-0.05, 0) is 93.3 Å². The molecule has 0 atom stereocenters. The van der Waals surface area contributed by atoms with Gasteiger partial charge in [0, 0.05) is 34.3 Å². The third kappa shape index (κ3) is 6.18. The van der Waals surface area contributed by atoms with Gasteiger partial charge in [0.2, 0.25) is 0 Å². The monoisotopic (exact) mass is 565 g/mol. The standard InChI is InChI=1S/C34H32ClN3O3/c1-21-17-23(3)32-27(18-21)28(19-30(37-32)26-10-5-6-11-29(26)35)33(39)36-25-14-12-24(13-15-25)34(40)38(4)20-31-22(2)9-7-8-16-41-31/h5-6,8,10-19H,7,9,20H2,1-4H3,(H,36,39). The van der Waals surface area contributed by atoms with E-state index in [2.05, 4.69) is 11.4 Å². The van der Waals surface area contributed by atoms with E-state index in [0.717, 1.165) is 51.8 Å². The van der Waals surface area contributed by atoms with Crippen LogP contribution in [0.15, 0.2) is 90.4 Å². The number of fused-ring (bicyclic) bond motifs is 1. The van der Waals surface area contributed by atoms with Crippen molar-refractivity contribution in [1.29, 1.82) is 0 Å². The van der Waals surface area contributed by atoms with Gasteiger partial charge in [-0.15, -0.1) is 0 Å². The maximum Gasteiger partial charge on any atom is 0.256 e. The van der Waals surface area contributed by atoms with Crippen molar-refractivity contribution in [2.24, 2.45) is 0 Å². The molecular formula is C34H32ClN3O3. The van der Waals surface area contributed by atoms with Gasteiger partial charge in [0.25, 0.3) is 11.8 Å². The predicted molar refractivity (Wildman–Crippen MR) is 165 cm³/mol. The van der Waals surface area contributed by atoms with Crippen molar-refractivity contribution in [1.82, 2.24) is 9.88 Å². The van der Waals surface area contributed by atoms with E-state index in [-0.39, 0.29) is 11.8 Å². The van der Waals surface area contributed by atoms with Crippen LogP contribution in [0.5, 0.6) is 0 Å². The van der Waals surface area contributed by atoms with Crippen LogP contribution in [-0.4, -0.2) is 35.3 Å². The van der Waals surface area contributed by atoms with Crippen LogP contribution in [-0.2, 0) is 4.74 Å². The number of halogens is 1. The molecule has 0 aliphatic carbocycles. The molecular weight excluding hydrogens is 534 g/mol. The van der Waals surface area contributed by atoms with Crippen molar-refractivity contribution < 1.29 is 14.3 Å². The fraction of sp³-hybridized carbons (Fsp3) is 0.206. The van der Waals surface area contributed by atoms with E-state index in [4.69, 9.17) is 21.3 Å². The third-order valence-corrected chi connectivity index (χ3v) is 7.56. The van der Waals surface area contributed by atoms with Gasteiger partial charge in [0.15, 0.2) is 0 Å². The highest BCUT2D eigenvalue weighted by molar-refractivity contribution is 6.33. The van der Waals surface area contributed by atoms with E-state index in [9.17, 15) is 9.59 Å². The molecule has 208 valence electrons. The highest BCUT2D eigenvalue weighted by Gasteiger charge is 2.19. The van der Waals surface area contributed by atoms with E-state index < -0.39 is 0 Å². The number of hydrogen-bond donors (Lipinski definition) is 1. The summed E-state index contributed by atoms with van der Waals surface area (Å²) in [5.41, 5.74) is 6.90. The molecule has 4 aromatic rings. The Balaban J connectivity index is 1.39. The maximum absolute atomic E-state index is 13.7. The fourth-order valence-corrected chi connectivity index (χ4v) is 5.22. The lowest BCUT2D eigenvalue weighted by molar-refractivity contribution is 0.0789. The lowest BCUT2D eigenvalue weighted by Gasteiger charge is -2.20.